The van der Waals surface area contributed by atoms with Crippen LogP contribution in [0.3, 0.4) is 0 Å². The Hall–Kier alpha value is -0.150. The van der Waals surface area contributed by atoms with Crippen molar-refractivity contribution in [2.75, 3.05) is 11.5 Å². The molecule has 1 aromatic rings. The highest BCUT2D eigenvalue weighted by atomic mass is 79.9. The summed E-state index contributed by atoms with van der Waals surface area (Å²) in [6, 6.07) is 5.95. The van der Waals surface area contributed by atoms with Crippen molar-refractivity contribution in [3.05, 3.63) is 22.7 Å². The third kappa shape index (κ3) is 3.61. The Balaban J connectivity index is 2.67. The summed E-state index contributed by atoms with van der Waals surface area (Å²) in [6.45, 7) is 4.44. The first kappa shape index (κ1) is 10.9. The van der Waals surface area contributed by atoms with Gasteiger partial charge in [0.05, 0.1) is 0 Å². The molecule has 0 heterocycles. The first-order valence-corrected chi connectivity index (χ1v) is 6.05. The fraction of sp³-hybridized carbons (Fsp3) is 0.400. The Kier molecular flexibility index (Phi) is 4.13. The lowest BCUT2D eigenvalue weighted by molar-refractivity contribution is 0.750. The van der Waals surface area contributed by atoms with Gasteiger partial charge < -0.3 is 5.73 Å². The molecule has 0 aliphatic rings. The molecule has 0 bridgehead atoms. The second-order valence-corrected chi connectivity index (χ2v) is 5.31. The Labute approximate surface area is 92.2 Å². The van der Waals surface area contributed by atoms with Crippen molar-refractivity contribution in [1.82, 2.24) is 0 Å². The summed E-state index contributed by atoms with van der Waals surface area (Å²) < 4.78 is 1.10. The van der Waals surface area contributed by atoms with E-state index in [1.165, 1.54) is 4.90 Å². The molecule has 3 heteroatoms. The van der Waals surface area contributed by atoms with Crippen LogP contribution in [0.25, 0.3) is 0 Å². The third-order valence-corrected chi connectivity index (χ3v) is 3.95. The van der Waals surface area contributed by atoms with Crippen molar-refractivity contribution >= 4 is 33.4 Å². The zero-order chi connectivity index (χ0) is 9.84. The van der Waals surface area contributed by atoms with Gasteiger partial charge >= 0.3 is 0 Å². The van der Waals surface area contributed by atoms with E-state index < -0.39 is 0 Å². The number of benzene rings is 1. The normalized spacial score (nSPS) is 10.8. The average Bonchev–Trinajstić information content (AvgIpc) is 2.02. The second-order valence-electron chi connectivity index (χ2n) is 3.39. The van der Waals surface area contributed by atoms with E-state index in [9.17, 15) is 0 Å². The third-order valence-electron chi connectivity index (χ3n) is 1.53. The molecule has 13 heavy (non-hydrogen) atoms. The smallest absolute Gasteiger partial charge is 0.0331 e. The predicted octanol–water partition coefficient (Wildman–Crippen LogP) is 3.78. The molecule has 2 N–H and O–H groups in total. The fourth-order valence-corrected chi connectivity index (χ4v) is 2.50. The number of thioether (sulfide) groups is 1. The highest BCUT2D eigenvalue weighted by molar-refractivity contribution is 9.10. The van der Waals surface area contributed by atoms with E-state index in [-0.39, 0.29) is 0 Å². The molecule has 0 saturated heterocycles. The van der Waals surface area contributed by atoms with E-state index in [0.717, 1.165) is 21.8 Å². The number of nitrogens with two attached hydrogens (primary N) is 1. The minimum atomic E-state index is 0.717. The molecule has 0 unspecified atom stereocenters. The van der Waals surface area contributed by atoms with E-state index in [1.807, 2.05) is 23.9 Å². The van der Waals surface area contributed by atoms with Crippen LogP contribution in [0.15, 0.2) is 27.6 Å². The molecule has 1 nitrogen and oxygen atoms in total. The van der Waals surface area contributed by atoms with Crippen LogP contribution in [-0.4, -0.2) is 5.75 Å². The molecule has 0 saturated carbocycles. The van der Waals surface area contributed by atoms with Crippen molar-refractivity contribution < 1.29 is 0 Å². The summed E-state index contributed by atoms with van der Waals surface area (Å²) in [6.07, 6.45) is 0. The molecule has 0 aromatic heterocycles. The summed E-state index contributed by atoms with van der Waals surface area (Å²) >= 11 is 5.36. The molecule has 0 amide bonds. The van der Waals surface area contributed by atoms with Gasteiger partial charge in [-0.1, -0.05) is 13.8 Å². The Morgan fingerprint density at radius 1 is 1.46 bits per heavy atom. The summed E-state index contributed by atoms with van der Waals surface area (Å²) in [4.78, 5) is 1.27. The van der Waals surface area contributed by atoms with Crippen molar-refractivity contribution in [1.29, 1.82) is 0 Å². The van der Waals surface area contributed by atoms with Crippen LogP contribution in [0.1, 0.15) is 13.8 Å². The lowest BCUT2D eigenvalue weighted by Gasteiger charge is -2.06. The van der Waals surface area contributed by atoms with Gasteiger partial charge in [-0.25, -0.2) is 0 Å². The van der Waals surface area contributed by atoms with Crippen LogP contribution >= 0.6 is 27.7 Å². The van der Waals surface area contributed by atoms with Crippen molar-refractivity contribution in [2.45, 2.75) is 18.7 Å². The fourth-order valence-electron chi connectivity index (χ4n) is 0.891. The topological polar surface area (TPSA) is 26.0 Å². The maximum Gasteiger partial charge on any atom is 0.0331 e. The standard InChI is InChI=1S/C10H14BrNS/c1-7(2)6-13-10-4-3-8(12)5-9(10)11/h3-5,7H,6,12H2,1-2H3. The Morgan fingerprint density at radius 2 is 2.15 bits per heavy atom. The minimum Gasteiger partial charge on any atom is -0.399 e. The molecule has 0 aliphatic carbocycles. The van der Waals surface area contributed by atoms with Crippen LogP contribution in [0.2, 0.25) is 0 Å². The predicted molar refractivity (Wildman–Crippen MR) is 64.1 cm³/mol. The van der Waals surface area contributed by atoms with Gasteiger partial charge in [0.25, 0.3) is 0 Å². The molecule has 0 aliphatic heterocycles. The van der Waals surface area contributed by atoms with Gasteiger partial charge in [0.15, 0.2) is 0 Å². The molecule has 0 radical (unpaired) electrons. The van der Waals surface area contributed by atoms with Gasteiger partial charge in [-0.15, -0.1) is 11.8 Å². The highest BCUT2D eigenvalue weighted by Gasteiger charge is 2.02. The van der Waals surface area contributed by atoms with Crippen molar-refractivity contribution in [2.24, 2.45) is 5.92 Å². The maximum atomic E-state index is 5.64. The largest absolute Gasteiger partial charge is 0.399 e. The maximum absolute atomic E-state index is 5.64. The molecule has 1 aromatic carbocycles. The Bertz CT molecular complexity index is 286. The second kappa shape index (κ2) is 4.91. The zero-order valence-electron chi connectivity index (χ0n) is 7.88. The van der Waals surface area contributed by atoms with Gasteiger partial charge in [-0.3, -0.25) is 0 Å². The van der Waals surface area contributed by atoms with E-state index in [1.54, 1.807) is 0 Å². The van der Waals surface area contributed by atoms with Crippen LogP contribution in [0.5, 0.6) is 0 Å². The molecule has 0 fully saturated rings. The van der Waals surface area contributed by atoms with Crippen LogP contribution < -0.4 is 5.73 Å². The number of rotatable bonds is 3. The number of hydrogen-bond donors (Lipinski definition) is 1. The number of nitrogen functional groups attached to an aromatic ring is 1. The van der Waals surface area contributed by atoms with Gasteiger partial charge in [-0.05, 0) is 40.0 Å². The average molecular weight is 260 g/mol. The van der Waals surface area contributed by atoms with Gasteiger partial charge in [0.1, 0.15) is 0 Å². The summed E-state index contributed by atoms with van der Waals surface area (Å²) in [5.41, 5.74) is 6.45. The van der Waals surface area contributed by atoms with E-state index in [2.05, 4.69) is 35.8 Å². The highest BCUT2D eigenvalue weighted by Crippen LogP contribution is 2.30. The lowest BCUT2D eigenvalue weighted by atomic mass is 10.3. The Morgan fingerprint density at radius 3 is 2.69 bits per heavy atom. The first-order chi connectivity index (χ1) is 6.09. The number of hydrogen-bond acceptors (Lipinski definition) is 2. The van der Waals surface area contributed by atoms with E-state index >= 15 is 0 Å². The molecule has 1 rings (SSSR count). The van der Waals surface area contributed by atoms with Crippen molar-refractivity contribution in [3.63, 3.8) is 0 Å². The summed E-state index contributed by atoms with van der Waals surface area (Å²) in [5.74, 6) is 1.86. The van der Waals surface area contributed by atoms with Gasteiger partial charge in [-0.2, -0.15) is 0 Å². The first-order valence-electron chi connectivity index (χ1n) is 4.27. The van der Waals surface area contributed by atoms with E-state index in [0.29, 0.717) is 0 Å². The molecular weight excluding hydrogens is 246 g/mol. The SMILES string of the molecule is CC(C)CSc1ccc(N)cc1Br. The monoisotopic (exact) mass is 259 g/mol. The minimum absolute atomic E-state index is 0.717. The summed E-state index contributed by atoms with van der Waals surface area (Å²) in [7, 11) is 0. The molecule has 0 atom stereocenters. The van der Waals surface area contributed by atoms with Crippen LogP contribution in [0.4, 0.5) is 5.69 Å². The number of anilines is 1. The molecular formula is C10H14BrNS. The van der Waals surface area contributed by atoms with Crippen LogP contribution in [0, 0.1) is 5.92 Å². The van der Waals surface area contributed by atoms with E-state index in [4.69, 9.17) is 5.73 Å². The molecule has 0 spiro atoms. The van der Waals surface area contributed by atoms with Crippen LogP contribution in [-0.2, 0) is 0 Å². The zero-order valence-corrected chi connectivity index (χ0v) is 10.3. The summed E-state index contributed by atoms with van der Waals surface area (Å²) in [5, 5.41) is 0. The number of halogens is 1. The van der Waals surface area contributed by atoms with Crippen molar-refractivity contribution in [3.8, 4) is 0 Å². The molecule has 72 valence electrons. The van der Waals surface area contributed by atoms with Gasteiger partial charge in [0, 0.05) is 20.8 Å². The quantitative estimate of drug-likeness (QED) is 0.661. The van der Waals surface area contributed by atoms with Gasteiger partial charge in [0.2, 0.25) is 0 Å². The lowest BCUT2D eigenvalue weighted by Crippen LogP contribution is -1.91.